The molecule has 1 aliphatic carbocycles. The van der Waals surface area contributed by atoms with Crippen molar-refractivity contribution >= 4 is 25.4 Å². The van der Waals surface area contributed by atoms with Crippen LogP contribution < -0.4 is 10.6 Å². The van der Waals surface area contributed by atoms with Gasteiger partial charge in [0.15, 0.2) is 5.54 Å². The summed E-state index contributed by atoms with van der Waals surface area (Å²) < 4.78 is 17.9. The first-order valence-electron chi connectivity index (χ1n) is 13.8. The molecule has 1 aliphatic heterocycles. The Morgan fingerprint density at radius 1 is 1.08 bits per heavy atom. The number of unbranched alkanes of at least 4 members (excludes halogenated alkanes) is 1. The number of rotatable bonds is 16. The highest BCUT2D eigenvalue weighted by molar-refractivity contribution is 7.52. The summed E-state index contributed by atoms with van der Waals surface area (Å²) in [6.45, 7) is 0.910. The standard InChI is InChI=1S/C25H46N3O10P/c1-17(30)26-14-19-22(32)23(33)20(15-29)28(19)12-13-39(36,37)38-16-25(2,24(34)35)27-21(31)11-7-6-10-18-8-4-3-5-9-18/h18-20,22-23,29,32-33H,3-16H2,1-2H3,(H,26,30)(H,27,31)(H,34,35)(H,36,37)/t19-,20-,22-,23-,25?/m1/s1. The van der Waals surface area contributed by atoms with E-state index in [4.69, 9.17) is 4.52 Å². The third-order valence-electron chi connectivity index (χ3n) is 7.81. The minimum absolute atomic E-state index is 0.0651. The molecule has 7 N–H and O–H groups in total. The number of carbonyl (C=O) groups excluding carboxylic acids is 2. The van der Waals surface area contributed by atoms with Crippen LogP contribution in [0.3, 0.4) is 0 Å². The van der Waals surface area contributed by atoms with E-state index in [1.54, 1.807) is 0 Å². The molecule has 0 radical (unpaired) electrons. The highest BCUT2D eigenvalue weighted by Crippen LogP contribution is 2.43. The van der Waals surface area contributed by atoms with Gasteiger partial charge in [-0.25, -0.2) is 4.79 Å². The van der Waals surface area contributed by atoms with Gasteiger partial charge in [-0.2, -0.15) is 0 Å². The van der Waals surface area contributed by atoms with E-state index in [-0.39, 0.29) is 25.4 Å². The summed E-state index contributed by atoms with van der Waals surface area (Å²) in [6.07, 6.45) is 5.73. The molecule has 0 aromatic heterocycles. The molecule has 2 rings (SSSR count). The molecule has 0 spiro atoms. The van der Waals surface area contributed by atoms with Crippen molar-refractivity contribution in [3.05, 3.63) is 0 Å². The molecular formula is C25H46N3O10P. The molecular weight excluding hydrogens is 533 g/mol. The zero-order valence-corrected chi connectivity index (χ0v) is 23.9. The summed E-state index contributed by atoms with van der Waals surface area (Å²) in [4.78, 5) is 47.5. The number of nitrogens with zero attached hydrogens (tertiary/aromatic N) is 1. The zero-order valence-electron chi connectivity index (χ0n) is 23.0. The van der Waals surface area contributed by atoms with Crippen LogP contribution in [0, 0.1) is 5.92 Å². The van der Waals surface area contributed by atoms with Gasteiger partial charge in [0.1, 0.15) is 0 Å². The first-order chi connectivity index (χ1) is 18.3. The first-order valence-corrected chi connectivity index (χ1v) is 15.5. The average Bonchev–Trinajstić information content (AvgIpc) is 3.11. The summed E-state index contributed by atoms with van der Waals surface area (Å²) in [5.41, 5.74) is -1.93. The number of carbonyl (C=O) groups is 3. The molecule has 2 unspecified atom stereocenters. The molecule has 2 fully saturated rings. The minimum Gasteiger partial charge on any atom is -0.479 e. The Morgan fingerprint density at radius 3 is 2.31 bits per heavy atom. The molecule has 39 heavy (non-hydrogen) atoms. The van der Waals surface area contributed by atoms with E-state index in [0.717, 1.165) is 12.8 Å². The number of hydrogen-bond donors (Lipinski definition) is 7. The van der Waals surface area contributed by atoms with Gasteiger partial charge in [-0.3, -0.25) is 19.1 Å². The molecule has 2 aliphatic rings. The lowest BCUT2D eigenvalue weighted by molar-refractivity contribution is -0.148. The van der Waals surface area contributed by atoms with Crippen LogP contribution in [0.15, 0.2) is 0 Å². The lowest BCUT2D eigenvalue weighted by Gasteiger charge is -2.31. The van der Waals surface area contributed by atoms with Gasteiger partial charge in [0.25, 0.3) is 0 Å². The zero-order chi connectivity index (χ0) is 29.2. The molecule has 0 bridgehead atoms. The van der Waals surface area contributed by atoms with E-state index < -0.39 is 68.7 Å². The fourth-order valence-electron chi connectivity index (χ4n) is 5.38. The second kappa shape index (κ2) is 15.4. The summed E-state index contributed by atoms with van der Waals surface area (Å²) in [5, 5.41) is 44.9. The van der Waals surface area contributed by atoms with Crippen LogP contribution >= 0.6 is 7.60 Å². The number of hydrogen-bond acceptors (Lipinski definition) is 9. The fourth-order valence-corrected chi connectivity index (χ4v) is 6.45. The normalized spacial score (nSPS) is 27.4. The van der Waals surface area contributed by atoms with Crippen molar-refractivity contribution in [2.75, 3.05) is 32.5 Å². The van der Waals surface area contributed by atoms with Crippen LogP contribution in [-0.4, -0.2) is 110 Å². The highest BCUT2D eigenvalue weighted by Gasteiger charge is 2.47. The SMILES string of the molecule is CC(=O)NC[C@@H]1[C@@H](O)[C@H](O)[C@@H](CO)N1CCP(=O)(O)OCC(C)(NC(=O)CCCCC1CCCCC1)C(=O)O. The largest absolute Gasteiger partial charge is 0.479 e. The first kappa shape index (κ1) is 33.6. The number of likely N-dealkylation sites (tertiary alicyclic amines) is 1. The Bertz CT molecular complexity index is 871. The molecule has 1 saturated heterocycles. The van der Waals surface area contributed by atoms with E-state index >= 15 is 0 Å². The van der Waals surface area contributed by atoms with Crippen molar-refractivity contribution < 1.29 is 48.8 Å². The van der Waals surface area contributed by atoms with Gasteiger partial charge in [-0.1, -0.05) is 44.9 Å². The Hall–Kier alpha value is -1.60. The predicted octanol–water partition coefficient (Wildman–Crippen LogP) is 0.192. The van der Waals surface area contributed by atoms with E-state index in [2.05, 4.69) is 10.6 Å². The predicted molar refractivity (Wildman–Crippen MR) is 142 cm³/mol. The van der Waals surface area contributed by atoms with Gasteiger partial charge in [-0.05, 0) is 19.3 Å². The number of aliphatic carboxylic acids is 1. The second-order valence-electron chi connectivity index (χ2n) is 11.0. The molecule has 1 heterocycles. The summed E-state index contributed by atoms with van der Waals surface area (Å²) >= 11 is 0. The van der Waals surface area contributed by atoms with Crippen LogP contribution in [-0.2, 0) is 23.5 Å². The van der Waals surface area contributed by atoms with E-state index in [0.29, 0.717) is 12.3 Å². The number of aliphatic hydroxyl groups is 3. The van der Waals surface area contributed by atoms with Crippen LogP contribution in [0.25, 0.3) is 0 Å². The third kappa shape index (κ3) is 10.4. The van der Waals surface area contributed by atoms with Gasteiger partial charge in [-0.15, -0.1) is 0 Å². The number of aliphatic hydroxyl groups excluding tert-OH is 3. The summed E-state index contributed by atoms with van der Waals surface area (Å²) in [7, 11) is -4.40. The van der Waals surface area contributed by atoms with Gasteiger partial charge >= 0.3 is 13.6 Å². The number of carboxylic acid groups (broad SMARTS) is 1. The Morgan fingerprint density at radius 2 is 1.72 bits per heavy atom. The lowest BCUT2D eigenvalue weighted by Crippen LogP contribution is -2.55. The maximum atomic E-state index is 12.8. The van der Waals surface area contributed by atoms with E-state index in [1.807, 2.05) is 0 Å². The molecule has 14 heteroatoms. The molecule has 6 atom stereocenters. The maximum Gasteiger partial charge on any atom is 0.331 e. The van der Waals surface area contributed by atoms with E-state index in [9.17, 15) is 44.3 Å². The second-order valence-corrected chi connectivity index (χ2v) is 13.0. The van der Waals surface area contributed by atoms with Crippen molar-refractivity contribution in [1.82, 2.24) is 15.5 Å². The third-order valence-corrected chi connectivity index (χ3v) is 9.11. The quantitative estimate of drug-likeness (QED) is 0.0970. The fraction of sp³-hybridized carbons (Fsp3) is 0.880. The summed E-state index contributed by atoms with van der Waals surface area (Å²) in [6, 6.07) is -1.77. The van der Waals surface area contributed by atoms with Gasteiger partial charge in [0.05, 0.1) is 43.7 Å². The molecule has 226 valence electrons. The maximum absolute atomic E-state index is 12.8. The molecule has 13 nitrogen and oxygen atoms in total. The van der Waals surface area contributed by atoms with Gasteiger partial charge in [0.2, 0.25) is 11.8 Å². The number of amides is 2. The van der Waals surface area contributed by atoms with Gasteiger partial charge in [0, 0.05) is 26.4 Å². The Kier molecular flexibility index (Phi) is 13.3. The highest BCUT2D eigenvalue weighted by atomic mass is 31.2. The minimum atomic E-state index is -4.40. The van der Waals surface area contributed by atoms with Crippen molar-refractivity contribution in [2.24, 2.45) is 5.92 Å². The molecule has 2 amide bonds. The number of nitrogens with one attached hydrogen (secondary N) is 2. The Balaban J connectivity index is 1.88. The molecule has 1 saturated carbocycles. The molecule has 0 aromatic rings. The smallest absolute Gasteiger partial charge is 0.331 e. The average molecular weight is 580 g/mol. The van der Waals surface area contributed by atoms with Crippen molar-refractivity contribution in [3.63, 3.8) is 0 Å². The van der Waals surface area contributed by atoms with Crippen molar-refractivity contribution in [2.45, 2.75) is 101 Å². The number of carboxylic acids is 1. The monoisotopic (exact) mass is 579 g/mol. The topological polar surface area (TPSA) is 206 Å². The van der Waals surface area contributed by atoms with Gasteiger partial charge < -0.3 is 40.5 Å². The van der Waals surface area contributed by atoms with Crippen molar-refractivity contribution in [1.29, 1.82) is 0 Å². The van der Waals surface area contributed by atoms with Crippen LogP contribution in [0.5, 0.6) is 0 Å². The van der Waals surface area contributed by atoms with Crippen LogP contribution in [0.1, 0.15) is 71.6 Å². The van der Waals surface area contributed by atoms with Crippen LogP contribution in [0.2, 0.25) is 0 Å². The van der Waals surface area contributed by atoms with E-state index in [1.165, 1.54) is 50.9 Å². The Labute approximate surface area is 229 Å². The summed E-state index contributed by atoms with van der Waals surface area (Å²) in [5.74, 6) is -1.58. The van der Waals surface area contributed by atoms with Crippen molar-refractivity contribution in [3.8, 4) is 0 Å². The lowest BCUT2D eigenvalue weighted by atomic mass is 9.85. The molecule has 0 aromatic carbocycles. The van der Waals surface area contributed by atoms with Crippen LogP contribution in [0.4, 0.5) is 0 Å².